The lowest BCUT2D eigenvalue weighted by atomic mass is 9.91. The van der Waals surface area contributed by atoms with E-state index in [4.69, 9.17) is 0 Å². The van der Waals surface area contributed by atoms with Crippen molar-refractivity contribution >= 4 is 22.5 Å². The summed E-state index contributed by atoms with van der Waals surface area (Å²) in [6.45, 7) is 3.74. The van der Waals surface area contributed by atoms with Crippen molar-refractivity contribution < 1.29 is 0 Å². The van der Waals surface area contributed by atoms with Crippen LogP contribution >= 0.6 is 0 Å². The Labute approximate surface area is 126 Å². The second-order valence-corrected chi connectivity index (χ2v) is 5.39. The molecule has 0 radical (unpaired) electrons. The lowest BCUT2D eigenvalue weighted by Crippen LogP contribution is -1.99. The molecule has 0 heterocycles. The largest absolute Gasteiger partial charge is 0.361 e. The molecule has 0 bridgehead atoms. The molecular formula is C20H21N. The molecule has 2 aromatic carbocycles. The molecule has 106 valence electrons. The summed E-state index contributed by atoms with van der Waals surface area (Å²) in [4.78, 5) is 0. The van der Waals surface area contributed by atoms with E-state index in [0.29, 0.717) is 0 Å². The first-order chi connectivity index (χ1) is 10.4. The van der Waals surface area contributed by atoms with E-state index in [2.05, 4.69) is 60.5 Å². The van der Waals surface area contributed by atoms with Crippen LogP contribution in [0.2, 0.25) is 0 Å². The molecule has 0 atom stereocenters. The van der Waals surface area contributed by atoms with Crippen molar-refractivity contribution in [2.24, 2.45) is 0 Å². The smallest absolute Gasteiger partial charge is 0.0465 e. The standard InChI is InChI=1S/C20H21N/c1-2-3-4-9-14-21-20-15-16-10-5-6-11-17(16)18-12-7-8-13-19(18)20/h2,5,7-10,12-15,21H,1,3-4,6,11H2/b14-9+. The van der Waals surface area contributed by atoms with Gasteiger partial charge in [-0.15, -0.1) is 6.58 Å². The Morgan fingerprint density at radius 2 is 2.00 bits per heavy atom. The van der Waals surface area contributed by atoms with Gasteiger partial charge in [0.2, 0.25) is 0 Å². The Hall–Kier alpha value is -2.28. The van der Waals surface area contributed by atoms with Gasteiger partial charge < -0.3 is 5.32 Å². The molecule has 0 spiro atoms. The number of allylic oxidation sites excluding steroid dienone is 3. The monoisotopic (exact) mass is 275 g/mol. The van der Waals surface area contributed by atoms with E-state index in [0.717, 1.165) is 25.7 Å². The van der Waals surface area contributed by atoms with Crippen LogP contribution < -0.4 is 5.32 Å². The van der Waals surface area contributed by atoms with E-state index >= 15 is 0 Å². The van der Waals surface area contributed by atoms with Gasteiger partial charge in [-0.3, -0.25) is 0 Å². The molecule has 0 aromatic heterocycles. The molecular weight excluding hydrogens is 254 g/mol. The average Bonchev–Trinajstić information content (AvgIpc) is 2.54. The molecule has 3 rings (SSSR count). The Bertz CT molecular complexity index is 707. The van der Waals surface area contributed by atoms with Gasteiger partial charge in [-0.1, -0.05) is 48.6 Å². The molecule has 21 heavy (non-hydrogen) atoms. The second kappa shape index (κ2) is 6.45. The lowest BCUT2D eigenvalue weighted by molar-refractivity contribution is 0.997. The highest BCUT2D eigenvalue weighted by Gasteiger charge is 2.11. The van der Waals surface area contributed by atoms with E-state index in [-0.39, 0.29) is 0 Å². The van der Waals surface area contributed by atoms with Gasteiger partial charge in [-0.2, -0.15) is 0 Å². The maximum absolute atomic E-state index is 3.74. The highest BCUT2D eigenvalue weighted by atomic mass is 14.8. The Balaban J connectivity index is 1.97. The Morgan fingerprint density at radius 3 is 2.86 bits per heavy atom. The maximum Gasteiger partial charge on any atom is 0.0465 e. The van der Waals surface area contributed by atoms with Crippen molar-refractivity contribution in [3.63, 3.8) is 0 Å². The quantitative estimate of drug-likeness (QED) is 0.546. The summed E-state index contributed by atoms with van der Waals surface area (Å²) in [5.41, 5.74) is 4.02. The summed E-state index contributed by atoms with van der Waals surface area (Å²) in [5.74, 6) is 0. The van der Waals surface area contributed by atoms with Crippen LogP contribution in [0.15, 0.2) is 61.3 Å². The van der Waals surface area contributed by atoms with E-state index in [1.807, 2.05) is 12.3 Å². The topological polar surface area (TPSA) is 12.0 Å². The fraction of sp³-hybridized carbons (Fsp3) is 0.200. The third-order valence-corrected chi connectivity index (χ3v) is 3.94. The van der Waals surface area contributed by atoms with Crippen LogP contribution in [0.4, 0.5) is 5.69 Å². The van der Waals surface area contributed by atoms with Gasteiger partial charge in [-0.25, -0.2) is 0 Å². The maximum atomic E-state index is 3.74. The van der Waals surface area contributed by atoms with Crippen LogP contribution in [0.25, 0.3) is 16.8 Å². The van der Waals surface area contributed by atoms with Crippen LogP contribution in [0.5, 0.6) is 0 Å². The van der Waals surface area contributed by atoms with Crippen LogP contribution in [0.3, 0.4) is 0 Å². The zero-order valence-electron chi connectivity index (χ0n) is 12.3. The zero-order valence-corrected chi connectivity index (χ0v) is 12.3. The van der Waals surface area contributed by atoms with Crippen LogP contribution in [-0.2, 0) is 6.42 Å². The number of hydrogen-bond acceptors (Lipinski definition) is 1. The predicted octanol–water partition coefficient (Wildman–Crippen LogP) is 5.69. The summed E-state index contributed by atoms with van der Waals surface area (Å²) in [6, 6.07) is 10.9. The minimum atomic E-state index is 1.02. The summed E-state index contributed by atoms with van der Waals surface area (Å²) in [7, 11) is 0. The molecule has 1 aliphatic rings. The molecule has 2 aromatic rings. The first-order valence-corrected chi connectivity index (χ1v) is 7.64. The highest BCUT2D eigenvalue weighted by Crippen LogP contribution is 2.33. The average molecular weight is 275 g/mol. The van der Waals surface area contributed by atoms with Gasteiger partial charge in [0.25, 0.3) is 0 Å². The first-order valence-electron chi connectivity index (χ1n) is 7.64. The van der Waals surface area contributed by atoms with Crippen molar-refractivity contribution in [3.8, 4) is 0 Å². The minimum Gasteiger partial charge on any atom is -0.361 e. The molecule has 0 unspecified atom stereocenters. The Kier molecular flexibility index (Phi) is 4.20. The summed E-state index contributed by atoms with van der Waals surface area (Å²) in [5, 5.41) is 6.13. The number of fused-ring (bicyclic) bond motifs is 3. The normalized spacial score (nSPS) is 13.5. The molecule has 1 heteroatoms. The predicted molar refractivity (Wildman–Crippen MR) is 93.5 cm³/mol. The number of benzene rings is 2. The molecule has 0 saturated heterocycles. The fourth-order valence-corrected chi connectivity index (χ4v) is 2.89. The number of hydrogen-bond donors (Lipinski definition) is 1. The van der Waals surface area contributed by atoms with Gasteiger partial charge in [0.05, 0.1) is 0 Å². The van der Waals surface area contributed by atoms with Crippen LogP contribution in [-0.4, -0.2) is 0 Å². The molecule has 1 aliphatic carbocycles. The van der Waals surface area contributed by atoms with Gasteiger partial charge in [0.1, 0.15) is 0 Å². The summed E-state index contributed by atoms with van der Waals surface area (Å²) >= 11 is 0. The number of unbranched alkanes of at least 4 members (excludes halogenated alkanes) is 1. The summed E-state index contributed by atoms with van der Waals surface area (Å²) in [6.07, 6.45) is 15.0. The first kappa shape index (κ1) is 13.7. The molecule has 0 saturated carbocycles. The van der Waals surface area contributed by atoms with Gasteiger partial charge in [0.15, 0.2) is 0 Å². The third kappa shape index (κ3) is 2.92. The third-order valence-electron chi connectivity index (χ3n) is 3.94. The minimum absolute atomic E-state index is 1.02. The van der Waals surface area contributed by atoms with Crippen molar-refractivity contribution in [1.82, 2.24) is 0 Å². The number of anilines is 1. The van der Waals surface area contributed by atoms with Crippen LogP contribution in [0, 0.1) is 0 Å². The van der Waals surface area contributed by atoms with Crippen molar-refractivity contribution in [1.29, 1.82) is 0 Å². The van der Waals surface area contributed by atoms with E-state index in [1.54, 1.807) is 0 Å². The molecule has 1 N–H and O–H groups in total. The van der Waals surface area contributed by atoms with Crippen molar-refractivity contribution in [2.45, 2.75) is 25.7 Å². The number of aryl methyl sites for hydroxylation is 1. The zero-order chi connectivity index (χ0) is 14.5. The molecule has 0 fully saturated rings. The van der Waals surface area contributed by atoms with Crippen molar-refractivity contribution in [2.75, 3.05) is 5.32 Å². The van der Waals surface area contributed by atoms with Gasteiger partial charge in [-0.05, 0) is 54.5 Å². The van der Waals surface area contributed by atoms with Crippen molar-refractivity contribution in [3.05, 3.63) is 72.5 Å². The highest BCUT2D eigenvalue weighted by molar-refractivity contribution is 5.99. The van der Waals surface area contributed by atoms with Crippen LogP contribution in [0.1, 0.15) is 30.4 Å². The lowest BCUT2D eigenvalue weighted by Gasteiger charge is -2.17. The van der Waals surface area contributed by atoms with E-state index in [9.17, 15) is 0 Å². The van der Waals surface area contributed by atoms with Gasteiger partial charge in [0, 0.05) is 11.1 Å². The van der Waals surface area contributed by atoms with E-state index < -0.39 is 0 Å². The molecule has 0 aliphatic heterocycles. The number of rotatable bonds is 5. The molecule has 0 amide bonds. The summed E-state index contributed by atoms with van der Waals surface area (Å²) < 4.78 is 0. The molecule has 1 nitrogen and oxygen atoms in total. The second-order valence-electron chi connectivity index (χ2n) is 5.39. The SMILES string of the molecule is C=CCC/C=C/Nc1cc2c(c3ccccc13)CCC=C2. The van der Waals surface area contributed by atoms with Gasteiger partial charge >= 0.3 is 0 Å². The van der Waals surface area contributed by atoms with E-state index in [1.165, 1.54) is 27.6 Å². The Morgan fingerprint density at radius 1 is 1.14 bits per heavy atom. The fourth-order valence-electron chi connectivity index (χ4n) is 2.89. The number of nitrogens with one attached hydrogen (secondary N) is 1.